The van der Waals surface area contributed by atoms with E-state index in [1.165, 1.54) is 6.08 Å². The molecule has 0 saturated heterocycles. The molecule has 2 aromatic rings. The molecule has 1 amide bonds. The van der Waals surface area contributed by atoms with Crippen molar-refractivity contribution in [3.63, 3.8) is 0 Å². The lowest BCUT2D eigenvalue weighted by molar-refractivity contribution is -0.116. The number of amides is 1. The molecule has 1 heterocycles. The van der Waals surface area contributed by atoms with E-state index in [-0.39, 0.29) is 5.91 Å². The van der Waals surface area contributed by atoms with Crippen LogP contribution in [0.5, 0.6) is 0 Å². The molecule has 0 aliphatic carbocycles. The molecule has 0 saturated carbocycles. The Bertz CT molecular complexity index is 599. The maximum Gasteiger partial charge on any atom is 0.244 e. The van der Waals surface area contributed by atoms with E-state index in [9.17, 15) is 4.79 Å². The van der Waals surface area contributed by atoms with E-state index in [1.807, 2.05) is 25.2 Å². The minimum Gasteiger partial charge on any atom is -0.399 e. The molecular weight excluding hydrogens is 252 g/mol. The fourth-order valence-electron chi connectivity index (χ4n) is 1.80. The zero-order valence-electron chi connectivity index (χ0n) is 11.4. The van der Waals surface area contributed by atoms with E-state index < -0.39 is 0 Å². The molecule has 104 valence electrons. The highest BCUT2D eigenvalue weighted by Crippen LogP contribution is 2.06. The van der Waals surface area contributed by atoms with Gasteiger partial charge in [0, 0.05) is 43.7 Å². The summed E-state index contributed by atoms with van der Waals surface area (Å²) < 4.78 is 1.80. The van der Waals surface area contributed by atoms with Gasteiger partial charge in [-0.1, -0.05) is 12.1 Å². The monoisotopic (exact) mass is 270 g/mol. The van der Waals surface area contributed by atoms with Crippen LogP contribution in [0.3, 0.4) is 0 Å². The fourth-order valence-corrected chi connectivity index (χ4v) is 1.80. The zero-order chi connectivity index (χ0) is 14.4. The Morgan fingerprint density at radius 1 is 1.35 bits per heavy atom. The lowest BCUT2D eigenvalue weighted by atomic mass is 10.2. The number of nitrogens with two attached hydrogens (primary N) is 1. The van der Waals surface area contributed by atoms with Crippen molar-refractivity contribution in [2.75, 3.05) is 12.3 Å². The maximum atomic E-state index is 11.7. The van der Waals surface area contributed by atoms with Gasteiger partial charge in [0.2, 0.25) is 5.91 Å². The first kappa shape index (κ1) is 13.9. The third-order valence-electron chi connectivity index (χ3n) is 2.97. The quantitative estimate of drug-likeness (QED) is 0.636. The molecule has 2 rings (SSSR count). The largest absolute Gasteiger partial charge is 0.399 e. The van der Waals surface area contributed by atoms with Gasteiger partial charge in [0.15, 0.2) is 0 Å². The van der Waals surface area contributed by atoms with Gasteiger partial charge in [-0.3, -0.25) is 9.48 Å². The molecule has 0 fully saturated rings. The predicted molar refractivity (Wildman–Crippen MR) is 79.8 cm³/mol. The van der Waals surface area contributed by atoms with Crippen LogP contribution in [0.4, 0.5) is 5.69 Å². The Kier molecular flexibility index (Phi) is 4.55. The number of aryl methyl sites for hydroxylation is 1. The number of nitrogen functional groups attached to an aromatic ring is 1. The summed E-state index contributed by atoms with van der Waals surface area (Å²) in [5.41, 5.74) is 8.34. The molecule has 1 aromatic carbocycles. The third kappa shape index (κ3) is 3.98. The normalized spacial score (nSPS) is 10.8. The van der Waals surface area contributed by atoms with Crippen LogP contribution in [-0.4, -0.2) is 22.2 Å². The third-order valence-corrected chi connectivity index (χ3v) is 2.97. The summed E-state index contributed by atoms with van der Waals surface area (Å²) in [4.78, 5) is 11.7. The number of benzene rings is 1. The summed E-state index contributed by atoms with van der Waals surface area (Å²) in [5.74, 6) is -0.107. The van der Waals surface area contributed by atoms with Crippen molar-refractivity contribution in [1.29, 1.82) is 0 Å². The molecule has 0 aliphatic heterocycles. The van der Waals surface area contributed by atoms with Gasteiger partial charge in [-0.15, -0.1) is 0 Å². The average Bonchev–Trinajstić information content (AvgIpc) is 2.84. The van der Waals surface area contributed by atoms with Gasteiger partial charge in [-0.05, 0) is 29.8 Å². The van der Waals surface area contributed by atoms with Crippen LogP contribution in [0.25, 0.3) is 6.08 Å². The highest BCUT2D eigenvalue weighted by atomic mass is 16.1. The van der Waals surface area contributed by atoms with Crippen LogP contribution in [0.2, 0.25) is 0 Å². The molecule has 0 radical (unpaired) electrons. The first-order chi connectivity index (χ1) is 9.65. The number of aromatic nitrogens is 2. The number of hydrogen-bond acceptors (Lipinski definition) is 3. The molecule has 20 heavy (non-hydrogen) atoms. The molecule has 5 heteroatoms. The Morgan fingerprint density at radius 2 is 2.10 bits per heavy atom. The summed E-state index contributed by atoms with van der Waals surface area (Å²) in [6, 6.07) is 9.29. The van der Waals surface area contributed by atoms with Gasteiger partial charge in [-0.25, -0.2) is 0 Å². The molecule has 0 atom stereocenters. The Morgan fingerprint density at radius 3 is 2.75 bits per heavy atom. The van der Waals surface area contributed by atoms with Gasteiger partial charge in [-0.2, -0.15) is 5.10 Å². The van der Waals surface area contributed by atoms with Crippen LogP contribution in [0.15, 0.2) is 42.6 Å². The van der Waals surface area contributed by atoms with Crippen molar-refractivity contribution in [3.05, 3.63) is 53.9 Å². The van der Waals surface area contributed by atoms with Crippen molar-refractivity contribution in [2.45, 2.75) is 6.42 Å². The fraction of sp³-hybridized carbons (Fsp3) is 0.200. The molecule has 0 spiro atoms. The molecular formula is C15H18N4O. The van der Waals surface area contributed by atoms with Crippen molar-refractivity contribution in [1.82, 2.24) is 15.1 Å². The van der Waals surface area contributed by atoms with E-state index >= 15 is 0 Å². The summed E-state index contributed by atoms with van der Waals surface area (Å²) in [6.45, 7) is 0.588. The maximum absolute atomic E-state index is 11.7. The summed E-state index contributed by atoms with van der Waals surface area (Å²) >= 11 is 0. The van der Waals surface area contributed by atoms with Crippen LogP contribution in [0.1, 0.15) is 11.3 Å². The first-order valence-corrected chi connectivity index (χ1v) is 6.43. The molecule has 1 aromatic heterocycles. The lowest BCUT2D eigenvalue weighted by Crippen LogP contribution is -2.24. The second-order valence-corrected chi connectivity index (χ2v) is 4.49. The SMILES string of the molecule is Cn1nccc1CCNC(=O)/C=C/c1ccc(N)cc1. The summed E-state index contributed by atoms with van der Waals surface area (Å²) in [5, 5.41) is 6.92. The average molecular weight is 270 g/mol. The Labute approximate surface area is 118 Å². The number of anilines is 1. The second kappa shape index (κ2) is 6.56. The molecule has 0 unspecified atom stereocenters. The number of hydrogen-bond donors (Lipinski definition) is 2. The summed E-state index contributed by atoms with van der Waals surface area (Å²) in [6.07, 6.45) is 5.80. The van der Waals surface area contributed by atoms with E-state index in [2.05, 4.69) is 10.4 Å². The van der Waals surface area contributed by atoms with Crippen molar-refractivity contribution >= 4 is 17.7 Å². The van der Waals surface area contributed by atoms with Crippen LogP contribution >= 0.6 is 0 Å². The smallest absolute Gasteiger partial charge is 0.244 e. The summed E-state index contributed by atoms with van der Waals surface area (Å²) in [7, 11) is 1.89. The first-order valence-electron chi connectivity index (χ1n) is 6.43. The van der Waals surface area contributed by atoms with Gasteiger partial charge < -0.3 is 11.1 Å². The van der Waals surface area contributed by atoms with E-state index in [1.54, 1.807) is 29.1 Å². The molecule has 5 nitrogen and oxygen atoms in total. The Hall–Kier alpha value is -2.56. The van der Waals surface area contributed by atoms with Gasteiger partial charge in [0.05, 0.1) is 0 Å². The predicted octanol–water partition coefficient (Wildman–Crippen LogP) is 1.37. The number of nitrogens with zero attached hydrogens (tertiary/aromatic N) is 2. The van der Waals surface area contributed by atoms with Crippen molar-refractivity contribution < 1.29 is 4.79 Å². The van der Waals surface area contributed by atoms with Gasteiger partial charge in [0.1, 0.15) is 0 Å². The van der Waals surface area contributed by atoms with Gasteiger partial charge in [0.25, 0.3) is 0 Å². The highest BCUT2D eigenvalue weighted by molar-refractivity contribution is 5.91. The zero-order valence-corrected chi connectivity index (χ0v) is 11.4. The number of carbonyl (C=O) groups excluding carboxylic acids is 1. The number of nitrogens with one attached hydrogen (secondary N) is 1. The topological polar surface area (TPSA) is 72.9 Å². The van der Waals surface area contributed by atoms with Crippen LogP contribution in [0, 0.1) is 0 Å². The molecule has 3 N–H and O–H groups in total. The van der Waals surface area contributed by atoms with E-state index in [4.69, 9.17) is 5.73 Å². The van der Waals surface area contributed by atoms with Crippen molar-refractivity contribution in [2.24, 2.45) is 7.05 Å². The Balaban J connectivity index is 1.78. The standard InChI is InChI=1S/C15H18N4O/c1-19-14(9-11-18-19)8-10-17-15(20)7-4-12-2-5-13(16)6-3-12/h2-7,9,11H,8,10,16H2,1H3,(H,17,20)/b7-4+. The second-order valence-electron chi connectivity index (χ2n) is 4.49. The van der Waals surface area contributed by atoms with E-state index in [0.29, 0.717) is 12.2 Å². The molecule has 0 bridgehead atoms. The minimum absolute atomic E-state index is 0.107. The molecule has 0 aliphatic rings. The minimum atomic E-state index is -0.107. The number of carbonyl (C=O) groups is 1. The lowest BCUT2D eigenvalue weighted by Gasteiger charge is -2.03. The van der Waals surface area contributed by atoms with Gasteiger partial charge >= 0.3 is 0 Å². The van der Waals surface area contributed by atoms with Crippen LogP contribution in [-0.2, 0) is 18.3 Å². The number of rotatable bonds is 5. The van der Waals surface area contributed by atoms with E-state index in [0.717, 1.165) is 17.7 Å². The van der Waals surface area contributed by atoms with Crippen molar-refractivity contribution in [3.8, 4) is 0 Å². The van der Waals surface area contributed by atoms with Crippen LogP contribution < -0.4 is 11.1 Å². The highest BCUT2D eigenvalue weighted by Gasteiger charge is 1.99.